The lowest BCUT2D eigenvalue weighted by Crippen LogP contribution is -2.03. The second kappa shape index (κ2) is 5.83. The lowest BCUT2D eigenvalue weighted by molar-refractivity contribution is -0.387. The lowest BCUT2D eigenvalue weighted by Gasteiger charge is -2.08. The first-order valence-corrected chi connectivity index (χ1v) is 5.53. The molecule has 0 N–H and O–H groups in total. The number of ether oxygens (including phenoxy) is 3. The van der Waals surface area contributed by atoms with Gasteiger partial charge in [-0.05, 0) is 12.1 Å². The van der Waals surface area contributed by atoms with E-state index in [1.54, 1.807) is 24.3 Å². The number of para-hydroxylation sites is 1. The van der Waals surface area contributed by atoms with Gasteiger partial charge in [-0.25, -0.2) is 0 Å². The highest BCUT2D eigenvalue weighted by Gasteiger charge is 2.27. The minimum Gasteiger partial charge on any atom is -0.476 e. The maximum absolute atomic E-state index is 11.0. The molecule has 0 aliphatic heterocycles. The van der Waals surface area contributed by atoms with E-state index in [9.17, 15) is 10.1 Å². The summed E-state index contributed by atoms with van der Waals surface area (Å²) in [6.07, 6.45) is 0. The molecule has 0 saturated carbocycles. The second-order valence-electron chi connectivity index (χ2n) is 3.55. The van der Waals surface area contributed by atoms with Gasteiger partial charge in [0.25, 0.3) is 0 Å². The average Bonchev–Trinajstić information content (AvgIpc) is 2.46. The Morgan fingerprint density at radius 1 is 1.05 bits per heavy atom. The van der Waals surface area contributed by atoms with Crippen molar-refractivity contribution in [2.45, 2.75) is 0 Å². The fourth-order valence-corrected chi connectivity index (χ4v) is 1.48. The van der Waals surface area contributed by atoms with Crippen LogP contribution in [0.15, 0.2) is 30.3 Å². The van der Waals surface area contributed by atoms with Gasteiger partial charge in [-0.1, -0.05) is 18.2 Å². The number of hydrogen-bond acceptors (Lipinski definition) is 7. The van der Waals surface area contributed by atoms with Crippen molar-refractivity contribution in [1.29, 1.82) is 0 Å². The first-order valence-electron chi connectivity index (χ1n) is 5.53. The summed E-state index contributed by atoms with van der Waals surface area (Å²) < 4.78 is 15.1. The first-order chi connectivity index (χ1) is 9.65. The highest BCUT2D eigenvalue weighted by molar-refractivity contribution is 5.50. The van der Waals surface area contributed by atoms with E-state index < -0.39 is 10.6 Å². The Balaban J connectivity index is 2.43. The summed E-state index contributed by atoms with van der Waals surface area (Å²) in [5, 5.41) is 11.0. The SMILES string of the molecule is COc1nc(Oc2ccccc2)nc(OC)c1[N+](=O)[O-]. The predicted octanol–water partition coefficient (Wildman–Crippen LogP) is 2.19. The van der Waals surface area contributed by atoms with Crippen molar-refractivity contribution in [1.82, 2.24) is 9.97 Å². The van der Waals surface area contributed by atoms with Crippen LogP contribution in [0.4, 0.5) is 5.69 Å². The monoisotopic (exact) mass is 277 g/mol. The summed E-state index contributed by atoms with van der Waals surface area (Å²) in [4.78, 5) is 18.0. The summed E-state index contributed by atoms with van der Waals surface area (Å²) in [6.45, 7) is 0. The van der Waals surface area contributed by atoms with Crippen molar-refractivity contribution in [2.24, 2.45) is 0 Å². The molecule has 0 saturated heterocycles. The fraction of sp³-hybridized carbons (Fsp3) is 0.167. The number of methoxy groups -OCH3 is 2. The van der Waals surface area contributed by atoms with E-state index >= 15 is 0 Å². The quantitative estimate of drug-likeness (QED) is 0.610. The van der Waals surface area contributed by atoms with Gasteiger partial charge in [0.15, 0.2) is 0 Å². The zero-order valence-corrected chi connectivity index (χ0v) is 10.8. The number of hydrogen-bond donors (Lipinski definition) is 0. The molecular weight excluding hydrogens is 266 g/mol. The van der Waals surface area contributed by atoms with Crippen LogP contribution in [0, 0.1) is 10.1 Å². The molecule has 2 rings (SSSR count). The van der Waals surface area contributed by atoms with Gasteiger partial charge in [0.1, 0.15) is 5.75 Å². The molecule has 0 unspecified atom stereocenters. The number of nitrogens with zero attached hydrogens (tertiary/aromatic N) is 3. The van der Waals surface area contributed by atoms with Crippen LogP contribution < -0.4 is 14.2 Å². The number of benzene rings is 1. The van der Waals surface area contributed by atoms with E-state index in [0.717, 1.165) is 0 Å². The van der Waals surface area contributed by atoms with Crippen molar-refractivity contribution in [3.05, 3.63) is 40.4 Å². The third kappa shape index (κ3) is 2.74. The number of rotatable bonds is 5. The van der Waals surface area contributed by atoms with Crippen molar-refractivity contribution < 1.29 is 19.1 Å². The Labute approximate surface area is 114 Å². The average molecular weight is 277 g/mol. The van der Waals surface area contributed by atoms with Crippen LogP contribution in [0.2, 0.25) is 0 Å². The summed E-state index contributed by atoms with van der Waals surface area (Å²) in [5.74, 6) is 0.0334. The zero-order valence-electron chi connectivity index (χ0n) is 10.8. The molecule has 2 aromatic rings. The molecule has 1 heterocycles. The van der Waals surface area contributed by atoms with Gasteiger partial charge in [-0.2, -0.15) is 9.97 Å². The van der Waals surface area contributed by atoms with Crippen LogP contribution in [0.3, 0.4) is 0 Å². The third-order valence-corrected chi connectivity index (χ3v) is 2.32. The second-order valence-corrected chi connectivity index (χ2v) is 3.55. The Hall–Kier alpha value is -2.90. The standard InChI is InChI=1S/C12H11N3O5/c1-18-10-9(15(16)17)11(19-2)14-12(13-10)20-8-6-4-3-5-7-8/h3-7H,1-2H3. The maximum atomic E-state index is 11.0. The topological polar surface area (TPSA) is 96.6 Å². The van der Waals surface area contributed by atoms with Crippen LogP contribution in [0.5, 0.6) is 23.5 Å². The van der Waals surface area contributed by atoms with E-state index in [1.165, 1.54) is 14.2 Å². The number of nitro groups is 1. The minimum absolute atomic E-state index is 0.101. The van der Waals surface area contributed by atoms with Crippen LogP contribution in [-0.4, -0.2) is 29.1 Å². The van der Waals surface area contributed by atoms with Gasteiger partial charge in [-0.15, -0.1) is 0 Å². The summed E-state index contributed by atoms with van der Waals surface area (Å²) in [7, 11) is 2.53. The predicted molar refractivity (Wildman–Crippen MR) is 68.3 cm³/mol. The van der Waals surface area contributed by atoms with Crippen LogP contribution >= 0.6 is 0 Å². The van der Waals surface area contributed by atoms with Gasteiger partial charge >= 0.3 is 23.5 Å². The van der Waals surface area contributed by atoms with Crippen molar-refractivity contribution in [2.75, 3.05) is 14.2 Å². The Bertz CT molecular complexity index is 593. The molecule has 0 aliphatic carbocycles. The van der Waals surface area contributed by atoms with E-state index in [0.29, 0.717) is 5.75 Å². The van der Waals surface area contributed by atoms with E-state index in [2.05, 4.69) is 9.97 Å². The normalized spacial score (nSPS) is 9.90. The molecule has 0 aliphatic rings. The molecule has 104 valence electrons. The highest BCUT2D eigenvalue weighted by Crippen LogP contribution is 2.35. The molecule has 0 fully saturated rings. The molecule has 1 aromatic heterocycles. The van der Waals surface area contributed by atoms with E-state index in [4.69, 9.17) is 14.2 Å². The zero-order chi connectivity index (χ0) is 14.5. The lowest BCUT2D eigenvalue weighted by atomic mass is 10.3. The van der Waals surface area contributed by atoms with E-state index in [-0.39, 0.29) is 17.8 Å². The molecule has 0 spiro atoms. The third-order valence-electron chi connectivity index (χ3n) is 2.32. The molecule has 0 amide bonds. The smallest absolute Gasteiger partial charge is 0.392 e. The van der Waals surface area contributed by atoms with Crippen molar-refractivity contribution in [3.8, 4) is 23.5 Å². The first kappa shape index (κ1) is 13.5. The van der Waals surface area contributed by atoms with Crippen molar-refractivity contribution >= 4 is 5.69 Å². The van der Waals surface area contributed by atoms with Gasteiger partial charge in [0.2, 0.25) is 0 Å². The molecule has 8 nitrogen and oxygen atoms in total. The molecule has 0 radical (unpaired) electrons. The molecule has 20 heavy (non-hydrogen) atoms. The summed E-state index contributed by atoms with van der Waals surface area (Å²) >= 11 is 0. The van der Waals surface area contributed by atoms with Gasteiger partial charge < -0.3 is 14.2 Å². The Morgan fingerprint density at radius 2 is 1.60 bits per heavy atom. The molecular formula is C12H11N3O5. The minimum atomic E-state index is -0.677. The van der Waals surface area contributed by atoms with Gasteiger partial charge in [0, 0.05) is 0 Å². The van der Waals surface area contributed by atoms with Gasteiger partial charge in [-0.3, -0.25) is 10.1 Å². The Morgan fingerprint density at radius 3 is 2.05 bits per heavy atom. The largest absolute Gasteiger partial charge is 0.476 e. The molecule has 0 atom stereocenters. The molecule has 8 heteroatoms. The number of aromatic nitrogens is 2. The maximum Gasteiger partial charge on any atom is 0.392 e. The van der Waals surface area contributed by atoms with E-state index in [1.807, 2.05) is 6.07 Å². The van der Waals surface area contributed by atoms with Gasteiger partial charge in [0.05, 0.1) is 19.1 Å². The fourth-order valence-electron chi connectivity index (χ4n) is 1.48. The Kier molecular flexibility index (Phi) is 3.94. The molecule has 0 bridgehead atoms. The highest BCUT2D eigenvalue weighted by atomic mass is 16.6. The van der Waals surface area contributed by atoms with Crippen LogP contribution in [-0.2, 0) is 0 Å². The van der Waals surface area contributed by atoms with Crippen LogP contribution in [0.1, 0.15) is 0 Å². The summed E-state index contributed by atoms with van der Waals surface area (Å²) in [5.41, 5.74) is -0.449. The summed E-state index contributed by atoms with van der Waals surface area (Å²) in [6, 6.07) is 8.67. The molecule has 1 aromatic carbocycles. The van der Waals surface area contributed by atoms with Crippen molar-refractivity contribution in [3.63, 3.8) is 0 Å². The van der Waals surface area contributed by atoms with Crippen LogP contribution in [0.25, 0.3) is 0 Å².